The third-order valence-corrected chi connectivity index (χ3v) is 4.58. The maximum absolute atomic E-state index is 12.6. The lowest BCUT2D eigenvalue weighted by Crippen LogP contribution is -2.30. The van der Waals surface area contributed by atoms with Gasteiger partial charge in [-0.1, -0.05) is 25.1 Å². The van der Waals surface area contributed by atoms with Crippen molar-refractivity contribution < 1.29 is 9.72 Å². The van der Waals surface area contributed by atoms with Crippen molar-refractivity contribution in [2.75, 3.05) is 11.4 Å². The van der Waals surface area contributed by atoms with Gasteiger partial charge in [0.25, 0.3) is 0 Å². The Morgan fingerprint density at radius 3 is 2.75 bits per heavy atom. The van der Waals surface area contributed by atoms with Crippen molar-refractivity contribution in [3.05, 3.63) is 51.3 Å². The lowest BCUT2D eigenvalue weighted by Gasteiger charge is -2.17. The van der Waals surface area contributed by atoms with Gasteiger partial charge in [0.15, 0.2) is 0 Å². The third kappa shape index (κ3) is 2.66. The van der Waals surface area contributed by atoms with Crippen LogP contribution >= 0.6 is 0 Å². The van der Waals surface area contributed by atoms with E-state index in [1.807, 2.05) is 18.2 Å². The molecule has 0 saturated carbocycles. The fourth-order valence-electron chi connectivity index (χ4n) is 3.36. The highest BCUT2D eigenvalue weighted by atomic mass is 16.6. The molecule has 3 rings (SSSR count). The van der Waals surface area contributed by atoms with Gasteiger partial charge in [0, 0.05) is 24.6 Å². The van der Waals surface area contributed by atoms with Crippen molar-refractivity contribution in [1.82, 2.24) is 9.78 Å². The largest absolute Gasteiger partial charge is 0.312 e. The number of para-hydroxylation sites is 1. The van der Waals surface area contributed by atoms with Gasteiger partial charge in [-0.25, -0.2) is 0 Å². The second-order valence-electron chi connectivity index (χ2n) is 6.21. The number of nitro groups is 1. The van der Waals surface area contributed by atoms with E-state index < -0.39 is 4.92 Å². The molecule has 0 spiro atoms. The minimum Gasteiger partial charge on any atom is -0.311 e. The molecule has 0 bridgehead atoms. The molecular weight excluding hydrogens is 308 g/mol. The fourth-order valence-corrected chi connectivity index (χ4v) is 3.36. The number of carbonyl (C=O) groups is 1. The number of amides is 1. The summed E-state index contributed by atoms with van der Waals surface area (Å²) in [4.78, 5) is 25.1. The van der Waals surface area contributed by atoms with E-state index in [9.17, 15) is 14.9 Å². The molecule has 1 aromatic heterocycles. The van der Waals surface area contributed by atoms with Crippen LogP contribution in [-0.2, 0) is 11.3 Å². The number of rotatable bonds is 4. The monoisotopic (exact) mass is 328 g/mol. The number of aromatic nitrogens is 2. The highest BCUT2D eigenvalue weighted by molar-refractivity contribution is 5.95. The summed E-state index contributed by atoms with van der Waals surface area (Å²) in [6.45, 7) is 6.40. The smallest absolute Gasteiger partial charge is 0.311 e. The molecule has 2 heterocycles. The first-order chi connectivity index (χ1) is 11.4. The van der Waals surface area contributed by atoms with Crippen LogP contribution in [0.2, 0.25) is 0 Å². The lowest BCUT2D eigenvalue weighted by atomic mass is 10.0. The molecule has 1 unspecified atom stereocenters. The summed E-state index contributed by atoms with van der Waals surface area (Å²) in [6.07, 6.45) is 0.264. The van der Waals surface area contributed by atoms with Crippen molar-refractivity contribution >= 4 is 17.3 Å². The summed E-state index contributed by atoms with van der Waals surface area (Å²) >= 11 is 0. The van der Waals surface area contributed by atoms with Gasteiger partial charge in [0.1, 0.15) is 11.4 Å². The van der Waals surface area contributed by atoms with Gasteiger partial charge in [-0.15, -0.1) is 0 Å². The van der Waals surface area contributed by atoms with Crippen molar-refractivity contribution in [1.29, 1.82) is 0 Å². The molecule has 7 nitrogen and oxygen atoms in total. The Labute approximate surface area is 140 Å². The second kappa shape index (κ2) is 6.07. The molecule has 0 fully saturated rings. The van der Waals surface area contributed by atoms with E-state index in [0.717, 1.165) is 5.69 Å². The van der Waals surface area contributed by atoms with E-state index in [2.05, 4.69) is 18.1 Å². The maximum atomic E-state index is 12.6. The topological polar surface area (TPSA) is 81.3 Å². The summed E-state index contributed by atoms with van der Waals surface area (Å²) < 4.78 is 1.55. The molecular formula is C17H20N4O3. The average Bonchev–Trinajstić information content (AvgIpc) is 3.02. The van der Waals surface area contributed by atoms with E-state index in [4.69, 9.17) is 0 Å². The number of nitrogens with zero attached hydrogens (tertiary/aromatic N) is 4. The van der Waals surface area contributed by atoms with Gasteiger partial charge in [-0.2, -0.15) is 5.10 Å². The van der Waals surface area contributed by atoms with Crippen LogP contribution in [0.4, 0.5) is 11.4 Å². The zero-order valence-electron chi connectivity index (χ0n) is 14.0. The Morgan fingerprint density at radius 2 is 2.08 bits per heavy atom. The molecule has 1 atom stereocenters. The van der Waals surface area contributed by atoms with Crippen molar-refractivity contribution in [3.8, 4) is 0 Å². The van der Waals surface area contributed by atoms with Gasteiger partial charge in [-0.05, 0) is 25.5 Å². The van der Waals surface area contributed by atoms with E-state index >= 15 is 0 Å². The van der Waals surface area contributed by atoms with Gasteiger partial charge in [0.05, 0.1) is 11.5 Å². The minimum atomic E-state index is -0.422. The van der Waals surface area contributed by atoms with Crippen molar-refractivity contribution in [2.45, 2.75) is 39.7 Å². The van der Waals surface area contributed by atoms with Gasteiger partial charge in [-0.3, -0.25) is 19.6 Å². The van der Waals surface area contributed by atoms with Crippen LogP contribution in [0, 0.1) is 24.0 Å². The van der Waals surface area contributed by atoms with Crippen LogP contribution in [-0.4, -0.2) is 27.2 Å². The maximum Gasteiger partial charge on any atom is 0.312 e. The molecule has 1 aliphatic heterocycles. The Bertz CT molecular complexity index is 812. The first-order valence-electron chi connectivity index (χ1n) is 7.97. The third-order valence-electron chi connectivity index (χ3n) is 4.58. The summed E-state index contributed by atoms with van der Waals surface area (Å²) in [5, 5.41) is 15.2. The summed E-state index contributed by atoms with van der Waals surface area (Å²) in [5.41, 5.74) is 3.05. The Balaban J connectivity index is 1.74. The molecule has 7 heteroatoms. The normalized spacial score (nSPS) is 16.3. The van der Waals surface area contributed by atoms with Gasteiger partial charge >= 0.3 is 5.69 Å². The van der Waals surface area contributed by atoms with E-state index in [1.165, 1.54) is 5.56 Å². The molecule has 1 aromatic carbocycles. The summed E-state index contributed by atoms with van der Waals surface area (Å²) in [6, 6.07) is 7.93. The van der Waals surface area contributed by atoms with Crippen LogP contribution in [0.3, 0.4) is 0 Å². The standard InChI is InChI=1S/C17H20N4O3/c1-11-10-19(15-7-5-4-6-14(11)15)16(22)8-9-20-13(3)17(21(23)24)12(2)18-20/h4-7,11H,8-10H2,1-3H3. The Hall–Kier alpha value is -2.70. The van der Waals surface area contributed by atoms with Crippen LogP contribution in [0.5, 0.6) is 0 Å². The first-order valence-corrected chi connectivity index (χ1v) is 7.97. The molecule has 0 N–H and O–H groups in total. The second-order valence-corrected chi connectivity index (χ2v) is 6.21. The number of benzene rings is 1. The molecule has 126 valence electrons. The zero-order valence-corrected chi connectivity index (χ0v) is 14.0. The number of fused-ring (bicyclic) bond motifs is 1. The number of hydrogen-bond acceptors (Lipinski definition) is 4. The number of anilines is 1. The highest BCUT2D eigenvalue weighted by Gasteiger charge is 2.29. The number of hydrogen-bond donors (Lipinski definition) is 0. The van der Waals surface area contributed by atoms with Crippen LogP contribution in [0.1, 0.15) is 36.2 Å². The van der Waals surface area contributed by atoms with Crippen molar-refractivity contribution in [3.63, 3.8) is 0 Å². The van der Waals surface area contributed by atoms with Crippen LogP contribution < -0.4 is 4.90 Å². The molecule has 0 aliphatic carbocycles. The van der Waals surface area contributed by atoms with Crippen molar-refractivity contribution in [2.24, 2.45) is 0 Å². The van der Waals surface area contributed by atoms with Crippen LogP contribution in [0.15, 0.2) is 24.3 Å². The molecule has 1 aliphatic rings. The van der Waals surface area contributed by atoms with Gasteiger partial charge < -0.3 is 4.90 Å². The molecule has 24 heavy (non-hydrogen) atoms. The van der Waals surface area contributed by atoms with Crippen LogP contribution in [0.25, 0.3) is 0 Å². The molecule has 1 amide bonds. The predicted molar refractivity (Wildman–Crippen MR) is 90.2 cm³/mol. The average molecular weight is 328 g/mol. The lowest BCUT2D eigenvalue weighted by molar-refractivity contribution is -0.386. The molecule has 2 aromatic rings. The highest BCUT2D eigenvalue weighted by Crippen LogP contribution is 2.36. The number of carbonyl (C=O) groups excluding carboxylic acids is 1. The summed E-state index contributed by atoms with van der Waals surface area (Å²) in [7, 11) is 0. The molecule has 0 saturated heterocycles. The minimum absolute atomic E-state index is 0.0157. The van der Waals surface area contributed by atoms with E-state index in [0.29, 0.717) is 30.4 Å². The Kier molecular flexibility index (Phi) is 4.09. The quantitative estimate of drug-likeness (QED) is 0.638. The molecule has 0 radical (unpaired) electrons. The first kappa shape index (κ1) is 16.2. The van der Waals surface area contributed by atoms with Gasteiger partial charge in [0.2, 0.25) is 5.91 Å². The fraction of sp³-hybridized carbons (Fsp3) is 0.412. The van der Waals surface area contributed by atoms with E-state index in [1.54, 1.807) is 23.4 Å². The predicted octanol–water partition coefficient (Wildman–Crippen LogP) is 2.95. The number of aryl methyl sites for hydroxylation is 2. The SMILES string of the molecule is Cc1nn(CCC(=O)N2CC(C)c3ccccc32)c(C)c1[N+](=O)[O-]. The zero-order chi connectivity index (χ0) is 17.4. The van der Waals surface area contributed by atoms with E-state index in [-0.39, 0.29) is 18.0 Å². The Morgan fingerprint density at radius 1 is 1.38 bits per heavy atom. The summed E-state index contributed by atoms with van der Waals surface area (Å²) in [5.74, 6) is 0.335.